The van der Waals surface area contributed by atoms with E-state index in [1.54, 1.807) is 13.8 Å². The fourth-order valence-electron chi connectivity index (χ4n) is 1.43. The van der Waals surface area contributed by atoms with E-state index in [1.165, 1.54) is 19.2 Å². The Morgan fingerprint density at radius 2 is 1.53 bits per heavy atom. The van der Waals surface area contributed by atoms with Crippen LogP contribution in [0.5, 0.6) is 5.75 Å². The van der Waals surface area contributed by atoms with Crippen LogP contribution in [0.25, 0.3) is 0 Å². The van der Waals surface area contributed by atoms with Crippen molar-refractivity contribution in [3.63, 3.8) is 0 Å². The van der Waals surface area contributed by atoms with Crippen LogP contribution in [0.4, 0.5) is 11.4 Å². The summed E-state index contributed by atoms with van der Waals surface area (Å²) in [5.41, 5.74) is -0.236. The smallest absolute Gasteiger partial charge is 0.318 e. The van der Waals surface area contributed by atoms with Gasteiger partial charge in [-0.1, -0.05) is 13.8 Å². The fraction of sp³-hybridized carbons (Fsp3) is 0.400. The van der Waals surface area contributed by atoms with Crippen molar-refractivity contribution < 1.29 is 14.6 Å². The lowest BCUT2D eigenvalue weighted by Gasteiger charge is -2.08. The highest BCUT2D eigenvalue weighted by atomic mass is 16.6. The number of rotatable bonds is 4. The van der Waals surface area contributed by atoms with Gasteiger partial charge in [0.1, 0.15) is 0 Å². The molecular weight excluding hydrogens is 228 g/mol. The first-order chi connectivity index (χ1) is 7.88. The number of ether oxygens (including phenoxy) is 1. The van der Waals surface area contributed by atoms with Gasteiger partial charge in [0, 0.05) is 12.1 Å². The lowest BCUT2D eigenvalue weighted by Crippen LogP contribution is -2.01. The molecule has 0 saturated heterocycles. The predicted octanol–water partition coefficient (Wildman–Crippen LogP) is 2.64. The Hall–Kier alpha value is -2.18. The van der Waals surface area contributed by atoms with Crippen molar-refractivity contribution in [2.45, 2.75) is 19.8 Å². The third kappa shape index (κ3) is 2.49. The monoisotopic (exact) mass is 240 g/mol. The molecule has 0 saturated carbocycles. The summed E-state index contributed by atoms with van der Waals surface area (Å²) in [6.07, 6.45) is 0. The molecule has 0 bridgehead atoms. The second-order valence-corrected chi connectivity index (χ2v) is 3.76. The van der Waals surface area contributed by atoms with Gasteiger partial charge in [-0.2, -0.15) is 0 Å². The van der Waals surface area contributed by atoms with Crippen molar-refractivity contribution >= 4 is 11.4 Å². The summed E-state index contributed by atoms with van der Waals surface area (Å²) >= 11 is 0. The highest BCUT2D eigenvalue weighted by Gasteiger charge is 2.28. The Morgan fingerprint density at radius 1 is 1.12 bits per heavy atom. The van der Waals surface area contributed by atoms with Gasteiger partial charge >= 0.3 is 11.4 Å². The van der Waals surface area contributed by atoms with Crippen LogP contribution in [0.15, 0.2) is 12.1 Å². The highest BCUT2D eigenvalue weighted by molar-refractivity contribution is 5.62. The summed E-state index contributed by atoms with van der Waals surface area (Å²) in [7, 11) is 1.17. The van der Waals surface area contributed by atoms with Gasteiger partial charge in [-0.05, 0) is 11.5 Å². The number of methoxy groups -OCH3 is 1. The number of nitro benzene ring substituents is 2. The number of nitrogens with zero attached hydrogens (tertiary/aromatic N) is 2. The first kappa shape index (κ1) is 12.9. The van der Waals surface area contributed by atoms with Gasteiger partial charge in [0.2, 0.25) is 0 Å². The van der Waals surface area contributed by atoms with Crippen LogP contribution in [-0.4, -0.2) is 17.0 Å². The molecule has 0 amide bonds. The molecule has 92 valence electrons. The minimum Gasteiger partial charge on any atom is -0.485 e. The first-order valence-electron chi connectivity index (χ1n) is 4.89. The predicted molar refractivity (Wildman–Crippen MR) is 60.4 cm³/mol. The van der Waals surface area contributed by atoms with Crippen LogP contribution in [-0.2, 0) is 0 Å². The Kier molecular flexibility index (Phi) is 3.62. The number of nitro groups is 2. The fourth-order valence-corrected chi connectivity index (χ4v) is 1.43. The zero-order valence-electron chi connectivity index (χ0n) is 9.67. The average molecular weight is 240 g/mol. The van der Waals surface area contributed by atoms with Gasteiger partial charge < -0.3 is 4.74 Å². The van der Waals surface area contributed by atoms with Gasteiger partial charge in [-0.3, -0.25) is 20.2 Å². The second kappa shape index (κ2) is 4.77. The molecule has 1 aromatic rings. The van der Waals surface area contributed by atoms with Crippen molar-refractivity contribution in [1.82, 2.24) is 0 Å². The van der Waals surface area contributed by atoms with E-state index in [-0.39, 0.29) is 23.0 Å². The molecule has 17 heavy (non-hydrogen) atoms. The van der Waals surface area contributed by atoms with Gasteiger partial charge in [0.25, 0.3) is 5.75 Å². The van der Waals surface area contributed by atoms with Crippen molar-refractivity contribution in [3.8, 4) is 5.75 Å². The molecule has 0 unspecified atom stereocenters. The van der Waals surface area contributed by atoms with Gasteiger partial charge in [-0.15, -0.1) is 0 Å². The standard InChI is InChI=1S/C10H12N2O5/c1-6(2)7-4-8(11(13)14)10(17-3)9(5-7)12(15)16/h4-6H,1-3H3. The summed E-state index contributed by atoms with van der Waals surface area (Å²) in [6.45, 7) is 3.60. The largest absolute Gasteiger partial charge is 0.485 e. The average Bonchev–Trinajstić information content (AvgIpc) is 2.26. The maximum atomic E-state index is 10.8. The van der Waals surface area contributed by atoms with E-state index in [4.69, 9.17) is 4.74 Å². The molecule has 0 radical (unpaired) electrons. The molecular formula is C10H12N2O5. The topological polar surface area (TPSA) is 95.5 Å². The third-order valence-electron chi connectivity index (χ3n) is 2.34. The Balaban J connectivity index is 3.57. The summed E-state index contributed by atoms with van der Waals surface area (Å²) in [4.78, 5) is 20.3. The zero-order valence-corrected chi connectivity index (χ0v) is 9.67. The summed E-state index contributed by atoms with van der Waals surface area (Å²) in [5.74, 6) is -0.359. The van der Waals surface area contributed by atoms with Crippen molar-refractivity contribution in [3.05, 3.63) is 37.9 Å². The quantitative estimate of drug-likeness (QED) is 0.595. The van der Waals surface area contributed by atoms with E-state index in [0.29, 0.717) is 5.56 Å². The molecule has 0 aliphatic carbocycles. The summed E-state index contributed by atoms with van der Waals surface area (Å²) in [6, 6.07) is 2.60. The van der Waals surface area contributed by atoms with Crippen LogP contribution in [0, 0.1) is 20.2 Å². The van der Waals surface area contributed by atoms with Gasteiger partial charge in [0.05, 0.1) is 17.0 Å². The maximum absolute atomic E-state index is 10.8. The molecule has 0 N–H and O–H groups in total. The molecule has 0 spiro atoms. The minimum absolute atomic E-state index is 0.0432. The van der Waals surface area contributed by atoms with E-state index in [2.05, 4.69) is 0 Å². The number of hydrogen-bond acceptors (Lipinski definition) is 5. The molecule has 0 aliphatic heterocycles. The molecule has 7 heteroatoms. The molecule has 0 aliphatic rings. The Bertz CT molecular complexity index is 435. The van der Waals surface area contributed by atoms with E-state index in [1.807, 2.05) is 0 Å². The van der Waals surface area contributed by atoms with Crippen LogP contribution in [0.3, 0.4) is 0 Å². The molecule has 0 fully saturated rings. The maximum Gasteiger partial charge on any atom is 0.318 e. The third-order valence-corrected chi connectivity index (χ3v) is 2.34. The lowest BCUT2D eigenvalue weighted by molar-refractivity contribution is -0.396. The lowest BCUT2D eigenvalue weighted by atomic mass is 10.0. The molecule has 7 nitrogen and oxygen atoms in total. The van der Waals surface area contributed by atoms with E-state index < -0.39 is 9.85 Å². The van der Waals surface area contributed by atoms with E-state index >= 15 is 0 Å². The van der Waals surface area contributed by atoms with Gasteiger partial charge in [-0.25, -0.2) is 0 Å². The highest BCUT2D eigenvalue weighted by Crippen LogP contribution is 2.39. The summed E-state index contributed by atoms with van der Waals surface area (Å²) in [5, 5.41) is 21.7. The van der Waals surface area contributed by atoms with E-state index in [0.717, 1.165) is 0 Å². The number of hydrogen-bond donors (Lipinski definition) is 0. The van der Waals surface area contributed by atoms with Gasteiger partial charge in [0.15, 0.2) is 0 Å². The van der Waals surface area contributed by atoms with E-state index in [9.17, 15) is 20.2 Å². The van der Waals surface area contributed by atoms with Crippen LogP contribution < -0.4 is 4.74 Å². The van der Waals surface area contributed by atoms with Crippen LogP contribution in [0.1, 0.15) is 25.3 Å². The Morgan fingerprint density at radius 3 is 1.76 bits per heavy atom. The van der Waals surface area contributed by atoms with Crippen molar-refractivity contribution in [2.75, 3.05) is 7.11 Å². The first-order valence-corrected chi connectivity index (χ1v) is 4.89. The van der Waals surface area contributed by atoms with Crippen molar-refractivity contribution in [2.24, 2.45) is 0 Å². The minimum atomic E-state index is -0.683. The SMILES string of the molecule is COc1c([N+](=O)[O-])cc(C(C)C)cc1[N+](=O)[O-]. The Labute approximate surface area is 97.3 Å². The van der Waals surface area contributed by atoms with Crippen LogP contribution in [0.2, 0.25) is 0 Å². The second-order valence-electron chi connectivity index (χ2n) is 3.76. The normalized spacial score (nSPS) is 10.4. The molecule has 0 aromatic heterocycles. The summed E-state index contributed by atoms with van der Waals surface area (Å²) < 4.78 is 4.75. The molecule has 0 heterocycles. The molecule has 1 aromatic carbocycles. The zero-order chi connectivity index (χ0) is 13.2. The molecule has 0 atom stereocenters. The van der Waals surface area contributed by atoms with Crippen molar-refractivity contribution in [1.29, 1.82) is 0 Å². The van der Waals surface area contributed by atoms with Crippen LogP contribution >= 0.6 is 0 Å². The molecule has 1 rings (SSSR count). The number of benzene rings is 1.